The summed E-state index contributed by atoms with van der Waals surface area (Å²) < 4.78 is 15.6. The molecule has 1 saturated heterocycles. The Labute approximate surface area is 158 Å². The van der Waals surface area contributed by atoms with Crippen molar-refractivity contribution in [2.75, 3.05) is 26.2 Å². The summed E-state index contributed by atoms with van der Waals surface area (Å²) in [6, 6.07) is 4.47. The van der Waals surface area contributed by atoms with Crippen molar-refractivity contribution in [3.8, 4) is 0 Å². The van der Waals surface area contributed by atoms with Gasteiger partial charge in [-0.05, 0) is 40.3 Å². The number of benzene rings is 1. The molecule has 3 rings (SSSR count). The molecule has 1 aliphatic rings. The number of carbonyl (C=O) groups excluding carboxylic acids is 1. The average molecular weight is 463 g/mol. The molecule has 1 aromatic carbocycles. The number of aromatic nitrogens is 2. The fraction of sp³-hybridized carbons (Fsp3) is 0.375. The number of nitrogens with zero attached hydrogens (tertiary/aromatic N) is 4. The highest BCUT2D eigenvalue weighted by Crippen LogP contribution is 2.20. The lowest BCUT2D eigenvalue weighted by Gasteiger charge is -2.34. The molecule has 1 amide bonds. The van der Waals surface area contributed by atoms with Crippen LogP contribution in [0, 0.1) is 9.39 Å². The summed E-state index contributed by atoms with van der Waals surface area (Å²) in [6.07, 6.45) is 1.70. The maximum atomic E-state index is 13.1. The van der Waals surface area contributed by atoms with Crippen LogP contribution in [0.5, 0.6) is 0 Å². The van der Waals surface area contributed by atoms with E-state index in [1.807, 2.05) is 4.90 Å². The third kappa shape index (κ3) is 3.73. The summed E-state index contributed by atoms with van der Waals surface area (Å²) >= 11 is 8.22. The van der Waals surface area contributed by atoms with E-state index in [1.165, 1.54) is 12.1 Å². The Balaban J connectivity index is 1.60. The van der Waals surface area contributed by atoms with E-state index in [2.05, 4.69) is 32.6 Å². The molecule has 128 valence electrons. The van der Waals surface area contributed by atoms with Crippen LogP contribution in [-0.2, 0) is 13.6 Å². The van der Waals surface area contributed by atoms with Gasteiger partial charge in [-0.1, -0.05) is 17.7 Å². The topological polar surface area (TPSA) is 41.4 Å². The van der Waals surface area contributed by atoms with Gasteiger partial charge in [0.1, 0.15) is 11.5 Å². The van der Waals surface area contributed by atoms with Crippen molar-refractivity contribution < 1.29 is 9.18 Å². The quantitative estimate of drug-likeness (QED) is 0.659. The van der Waals surface area contributed by atoms with Crippen LogP contribution in [0.15, 0.2) is 24.4 Å². The predicted octanol–water partition coefficient (Wildman–Crippen LogP) is 2.78. The SMILES string of the molecule is Cn1ncc(I)c1C(=O)N1CCN(Cc2ccc(F)cc2Cl)CC1. The number of piperazine rings is 1. The second-order valence-corrected chi connectivity index (χ2v) is 7.34. The van der Waals surface area contributed by atoms with Crippen molar-refractivity contribution in [1.29, 1.82) is 0 Å². The number of carbonyl (C=O) groups is 1. The van der Waals surface area contributed by atoms with Crippen LogP contribution in [0.25, 0.3) is 0 Å². The molecule has 0 saturated carbocycles. The number of rotatable bonds is 3. The first-order valence-electron chi connectivity index (χ1n) is 7.59. The van der Waals surface area contributed by atoms with Gasteiger partial charge in [-0.25, -0.2) is 4.39 Å². The Hall–Kier alpha value is -1.19. The van der Waals surface area contributed by atoms with Gasteiger partial charge in [-0.2, -0.15) is 5.10 Å². The highest BCUT2D eigenvalue weighted by molar-refractivity contribution is 14.1. The van der Waals surface area contributed by atoms with E-state index >= 15 is 0 Å². The molecule has 0 N–H and O–H groups in total. The summed E-state index contributed by atoms with van der Waals surface area (Å²) in [6.45, 7) is 3.48. The zero-order valence-electron chi connectivity index (χ0n) is 13.2. The van der Waals surface area contributed by atoms with Gasteiger partial charge in [0.2, 0.25) is 0 Å². The van der Waals surface area contributed by atoms with Crippen molar-refractivity contribution in [2.45, 2.75) is 6.54 Å². The standard InChI is InChI=1S/C16H17ClFIN4O/c1-21-15(14(19)9-20-21)16(24)23-6-4-22(5-7-23)10-11-2-3-12(18)8-13(11)17/h2-3,8-9H,4-7,10H2,1H3. The maximum Gasteiger partial charge on any atom is 0.273 e. The van der Waals surface area contributed by atoms with Crippen LogP contribution in [-0.4, -0.2) is 51.7 Å². The first kappa shape index (κ1) is 17.6. The van der Waals surface area contributed by atoms with Gasteiger partial charge in [0.05, 0.1) is 9.77 Å². The van der Waals surface area contributed by atoms with Gasteiger partial charge in [-0.15, -0.1) is 0 Å². The number of hydrogen-bond acceptors (Lipinski definition) is 3. The van der Waals surface area contributed by atoms with Crippen molar-refractivity contribution in [3.05, 3.63) is 50.1 Å². The molecule has 0 unspecified atom stereocenters. The van der Waals surface area contributed by atoms with Crippen LogP contribution in [0.3, 0.4) is 0 Å². The zero-order chi connectivity index (χ0) is 17.3. The van der Waals surface area contributed by atoms with Crippen molar-refractivity contribution >= 4 is 40.1 Å². The lowest BCUT2D eigenvalue weighted by molar-refractivity contribution is 0.0616. The lowest BCUT2D eigenvalue weighted by atomic mass is 10.2. The summed E-state index contributed by atoms with van der Waals surface area (Å²) in [7, 11) is 1.78. The van der Waals surface area contributed by atoms with Crippen LogP contribution < -0.4 is 0 Å². The molecule has 0 aliphatic carbocycles. The van der Waals surface area contributed by atoms with Gasteiger partial charge in [0.25, 0.3) is 5.91 Å². The lowest BCUT2D eigenvalue weighted by Crippen LogP contribution is -2.48. The summed E-state index contributed by atoms with van der Waals surface area (Å²) in [5.41, 5.74) is 1.53. The molecule has 0 atom stereocenters. The number of halogens is 3. The second-order valence-electron chi connectivity index (χ2n) is 5.77. The highest BCUT2D eigenvalue weighted by atomic mass is 127. The van der Waals surface area contributed by atoms with Gasteiger partial charge in [0, 0.05) is 44.8 Å². The zero-order valence-corrected chi connectivity index (χ0v) is 16.1. The Morgan fingerprint density at radius 2 is 2.04 bits per heavy atom. The van der Waals surface area contributed by atoms with Gasteiger partial charge in [-0.3, -0.25) is 14.4 Å². The normalized spacial score (nSPS) is 15.8. The molecular formula is C16H17ClFIN4O. The van der Waals surface area contributed by atoms with E-state index < -0.39 is 0 Å². The van der Waals surface area contributed by atoms with Gasteiger partial charge < -0.3 is 4.90 Å². The van der Waals surface area contributed by atoms with E-state index in [9.17, 15) is 9.18 Å². The third-order valence-electron chi connectivity index (χ3n) is 4.17. The molecule has 2 aromatic rings. The minimum absolute atomic E-state index is 0.0128. The summed E-state index contributed by atoms with van der Waals surface area (Å²) in [4.78, 5) is 16.7. The second kappa shape index (κ2) is 7.37. The van der Waals surface area contributed by atoms with Crippen molar-refractivity contribution in [3.63, 3.8) is 0 Å². The first-order chi connectivity index (χ1) is 11.5. The third-order valence-corrected chi connectivity index (χ3v) is 5.31. The van der Waals surface area contributed by atoms with Crippen LogP contribution in [0.2, 0.25) is 5.02 Å². The minimum Gasteiger partial charge on any atom is -0.335 e. The molecule has 2 heterocycles. The largest absolute Gasteiger partial charge is 0.335 e. The molecule has 5 nitrogen and oxygen atoms in total. The molecule has 1 aromatic heterocycles. The van der Waals surface area contributed by atoms with Crippen LogP contribution >= 0.6 is 34.2 Å². The molecule has 0 radical (unpaired) electrons. The number of hydrogen-bond donors (Lipinski definition) is 0. The van der Waals surface area contributed by atoms with Crippen molar-refractivity contribution in [1.82, 2.24) is 19.6 Å². The van der Waals surface area contributed by atoms with E-state index in [0.717, 1.165) is 22.2 Å². The molecule has 1 aliphatic heterocycles. The number of amides is 1. The van der Waals surface area contributed by atoms with E-state index in [1.54, 1.807) is 24.0 Å². The molecule has 0 bridgehead atoms. The molecule has 8 heteroatoms. The van der Waals surface area contributed by atoms with E-state index in [0.29, 0.717) is 30.4 Å². The predicted molar refractivity (Wildman–Crippen MR) is 98.5 cm³/mol. The highest BCUT2D eigenvalue weighted by Gasteiger charge is 2.26. The average Bonchev–Trinajstić information content (AvgIpc) is 2.89. The molecule has 0 spiro atoms. The maximum absolute atomic E-state index is 13.1. The van der Waals surface area contributed by atoms with Gasteiger partial charge in [0.15, 0.2) is 0 Å². The fourth-order valence-corrected chi connectivity index (χ4v) is 3.73. The van der Waals surface area contributed by atoms with E-state index in [4.69, 9.17) is 11.6 Å². The first-order valence-corrected chi connectivity index (χ1v) is 9.04. The molecule has 24 heavy (non-hydrogen) atoms. The Bertz CT molecular complexity index is 739. The van der Waals surface area contributed by atoms with Crippen molar-refractivity contribution in [2.24, 2.45) is 7.05 Å². The van der Waals surface area contributed by atoms with E-state index in [-0.39, 0.29) is 11.7 Å². The Morgan fingerprint density at radius 1 is 1.33 bits per heavy atom. The smallest absolute Gasteiger partial charge is 0.273 e. The summed E-state index contributed by atoms with van der Waals surface area (Å²) in [5, 5.41) is 4.57. The summed E-state index contributed by atoms with van der Waals surface area (Å²) in [5.74, 6) is -0.316. The minimum atomic E-state index is -0.329. The monoisotopic (exact) mass is 462 g/mol. The molecular weight excluding hydrogens is 446 g/mol. The fourth-order valence-electron chi connectivity index (χ4n) is 2.80. The number of aryl methyl sites for hydroxylation is 1. The van der Waals surface area contributed by atoms with Crippen LogP contribution in [0.4, 0.5) is 4.39 Å². The van der Waals surface area contributed by atoms with Crippen LogP contribution in [0.1, 0.15) is 16.1 Å². The Morgan fingerprint density at radius 3 is 2.62 bits per heavy atom. The van der Waals surface area contributed by atoms with Gasteiger partial charge >= 0.3 is 0 Å². The Kier molecular flexibility index (Phi) is 5.41. The molecule has 1 fully saturated rings.